The van der Waals surface area contributed by atoms with Crippen LogP contribution in [0.15, 0.2) is 40.5 Å². The fraction of sp³-hybridized carbons (Fsp3) is 0.278. The molecule has 4 N–H and O–H groups in total. The number of nitriles is 1. The summed E-state index contributed by atoms with van der Waals surface area (Å²) in [6.07, 6.45) is 0. The van der Waals surface area contributed by atoms with Gasteiger partial charge in [0.2, 0.25) is 11.8 Å². The van der Waals surface area contributed by atoms with Crippen molar-refractivity contribution in [1.29, 1.82) is 5.26 Å². The quantitative estimate of drug-likeness (QED) is 0.714. The lowest BCUT2D eigenvalue weighted by Crippen LogP contribution is -2.28. The standard InChI is InChI=1S/C18H19N5O2S/c1-3-23(4-2)11-7-5-10(6-8-11)13-12(9-19)15(20)25-17-14(13)16(24)21-18(26)22-17/h5-8,13H,3-4,20H2,1-2H3,(H2,21,22,24,26)/t13-/m0/s1. The second-order valence-electron chi connectivity index (χ2n) is 5.84. The molecule has 0 bridgehead atoms. The maximum atomic E-state index is 12.5. The zero-order chi connectivity index (χ0) is 18.8. The van der Waals surface area contributed by atoms with Crippen LogP contribution in [0.25, 0.3) is 0 Å². The molecule has 7 nitrogen and oxygen atoms in total. The lowest BCUT2D eigenvalue weighted by atomic mass is 9.85. The second-order valence-corrected chi connectivity index (χ2v) is 6.25. The van der Waals surface area contributed by atoms with Gasteiger partial charge in [0.25, 0.3) is 5.56 Å². The lowest BCUT2D eigenvalue weighted by molar-refractivity contribution is 0.374. The molecule has 0 amide bonds. The fourth-order valence-electron chi connectivity index (χ4n) is 3.19. The molecule has 134 valence electrons. The molecule has 1 aliphatic heterocycles. The zero-order valence-electron chi connectivity index (χ0n) is 14.5. The van der Waals surface area contributed by atoms with Gasteiger partial charge in [0.1, 0.15) is 11.6 Å². The van der Waals surface area contributed by atoms with Crippen LogP contribution in [-0.4, -0.2) is 23.1 Å². The van der Waals surface area contributed by atoms with Gasteiger partial charge in [-0.3, -0.25) is 9.78 Å². The van der Waals surface area contributed by atoms with E-state index in [1.54, 1.807) is 0 Å². The SMILES string of the molecule is CCN(CC)c1ccc([C@H]2C(C#N)=C(N)Oc3[nH]c(=S)[nH]c(=O)c32)cc1. The monoisotopic (exact) mass is 369 g/mol. The number of nitrogens with one attached hydrogen (secondary N) is 2. The van der Waals surface area contributed by atoms with E-state index in [9.17, 15) is 10.1 Å². The van der Waals surface area contributed by atoms with Gasteiger partial charge in [-0.1, -0.05) is 12.1 Å². The first-order chi connectivity index (χ1) is 12.5. The zero-order valence-corrected chi connectivity index (χ0v) is 15.3. The van der Waals surface area contributed by atoms with Crippen LogP contribution in [0.4, 0.5) is 5.69 Å². The van der Waals surface area contributed by atoms with Gasteiger partial charge >= 0.3 is 0 Å². The number of fused-ring (bicyclic) bond motifs is 1. The predicted octanol–water partition coefficient (Wildman–Crippen LogP) is 2.50. The number of anilines is 1. The summed E-state index contributed by atoms with van der Waals surface area (Å²) in [5.74, 6) is -0.479. The minimum Gasteiger partial charge on any atom is -0.424 e. The Bertz CT molecular complexity index is 1010. The topological polar surface area (TPSA) is 111 Å². The number of ether oxygens (including phenoxy) is 1. The molecule has 0 fully saturated rings. The molecule has 0 spiro atoms. The molecule has 1 aromatic carbocycles. The van der Waals surface area contributed by atoms with Crippen LogP contribution >= 0.6 is 12.2 Å². The number of nitrogens with zero attached hydrogens (tertiary/aromatic N) is 2. The Morgan fingerprint density at radius 1 is 1.27 bits per heavy atom. The molecule has 1 atom stereocenters. The summed E-state index contributed by atoms with van der Waals surface area (Å²) < 4.78 is 5.57. The van der Waals surface area contributed by atoms with Gasteiger partial charge in [-0.25, -0.2) is 0 Å². The summed E-state index contributed by atoms with van der Waals surface area (Å²) in [4.78, 5) is 20.1. The molecular formula is C18H19N5O2S. The number of H-pyrrole nitrogens is 2. The molecule has 0 saturated heterocycles. The number of allylic oxidation sites excluding steroid dienone is 1. The maximum absolute atomic E-state index is 12.5. The van der Waals surface area contributed by atoms with Crippen molar-refractivity contribution in [2.45, 2.75) is 19.8 Å². The Kier molecular flexibility index (Phi) is 4.82. The summed E-state index contributed by atoms with van der Waals surface area (Å²) in [5.41, 5.74) is 7.85. The van der Waals surface area contributed by atoms with E-state index in [1.807, 2.05) is 24.3 Å². The summed E-state index contributed by atoms with van der Waals surface area (Å²) >= 11 is 4.99. The van der Waals surface area contributed by atoms with E-state index in [4.69, 9.17) is 22.7 Å². The third kappa shape index (κ3) is 2.97. The van der Waals surface area contributed by atoms with Crippen LogP contribution < -0.4 is 20.9 Å². The Balaban J connectivity index is 2.16. The van der Waals surface area contributed by atoms with Gasteiger partial charge < -0.3 is 20.4 Å². The van der Waals surface area contributed by atoms with Crippen LogP contribution in [0.2, 0.25) is 0 Å². The van der Waals surface area contributed by atoms with Crippen LogP contribution in [-0.2, 0) is 0 Å². The third-order valence-electron chi connectivity index (χ3n) is 4.47. The summed E-state index contributed by atoms with van der Waals surface area (Å²) in [7, 11) is 0. The highest BCUT2D eigenvalue weighted by Crippen LogP contribution is 2.39. The van der Waals surface area contributed by atoms with Gasteiger partial charge in [0.05, 0.1) is 11.5 Å². The summed E-state index contributed by atoms with van der Waals surface area (Å²) in [6.45, 7) is 5.96. The second kappa shape index (κ2) is 7.06. The molecule has 1 aromatic heterocycles. The van der Waals surface area contributed by atoms with Crippen molar-refractivity contribution in [3.05, 3.63) is 62.0 Å². The van der Waals surface area contributed by atoms with Gasteiger partial charge in [0.15, 0.2) is 4.77 Å². The molecular weight excluding hydrogens is 350 g/mol. The number of nitrogens with two attached hydrogens (primary N) is 1. The number of hydrogen-bond acceptors (Lipinski definition) is 6. The van der Waals surface area contributed by atoms with Crippen molar-refractivity contribution in [2.24, 2.45) is 5.73 Å². The number of hydrogen-bond donors (Lipinski definition) is 3. The minimum atomic E-state index is -0.620. The van der Waals surface area contributed by atoms with E-state index in [-0.39, 0.29) is 22.1 Å². The minimum absolute atomic E-state index is 0.0333. The molecule has 0 radical (unpaired) electrons. The lowest BCUT2D eigenvalue weighted by Gasteiger charge is -2.26. The normalized spacial score (nSPS) is 15.8. The molecule has 0 saturated carbocycles. The van der Waals surface area contributed by atoms with Crippen molar-refractivity contribution in [1.82, 2.24) is 9.97 Å². The van der Waals surface area contributed by atoms with Crippen molar-refractivity contribution < 1.29 is 4.74 Å². The first kappa shape index (κ1) is 17.8. The fourth-order valence-corrected chi connectivity index (χ4v) is 3.37. The van der Waals surface area contributed by atoms with E-state index in [1.165, 1.54) is 0 Å². The average molecular weight is 369 g/mol. The smallest absolute Gasteiger partial charge is 0.259 e. The average Bonchev–Trinajstić information content (AvgIpc) is 2.62. The molecule has 3 rings (SSSR count). The van der Waals surface area contributed by atoms with Crippen LogP contribution in [0.3, 0.4) is 0 Å². The van der Waals surface area contributed by atoms with Gasteiger partial charge in [-0.05, 0) is 43.8 Å². The highest BCUT2D eigenvalue weighted by molar-refractivity contribution is 7.71. The van der Waals surface area contributed by atoms with Gasteiger partial charge in [0, 0.05) is 18.8 Å². The molecule has 1 aliphatic rings. The van der Waals surface area contributed by atoms with Crippen molar-refractivity contribution in [3.8, 4) is 11.9 Å². The van der Waals surface area contributed by atoms with Crippen LogP contribution in [0.5, 0.6) is 5.88 Å². The van der Waals surface area contributed by atoms with Crippen molar-refractivity contribution in [2.75, 3.05) is 18.0 Å². The Labute approximate surface area is 155 Å². The van der Waals surface area contributed by atoms with Crippen molar-refractivity contribution in [3.63, 3.8) is 0 Å². The number of aromatic amines is 2. The summed E-state index contributed by atoms with van der Waals surface area (Å²) in [6, 6.07) is 9.82. The van der Waals surface area contributed by atoms with Gasteiger partial charge in [-0.2, -0.15) is 5.26 Å². The summed E-state index contributed by atoms with van der Waals surface area (Å²) in [5, 5.41) is 9.56. The van der Waals surface area contributed by atoms with E-state index >= 15 is 0 Å². The van der Waals surface area contributed by atoms with Crippen LogP contribution in [0, 0.1) is 16.1 Å². The Hall–Kier alpha value is -3.05. The van der Waals surface area contributed by atoms with Crippen LogP contribution in [0.1, 0.15) is 30.9 Å². The molecule has 26 heavy (non-hydrogen) atoms. The Morgan fingerprint density at radius 2 is 1.92 bits per heavy atom. The van der Waals surface area contributed by atoms with E-state index in [0.29, 0.717) is 5.56 Å². The van der Waals surface area contributed by atoms with Gasteiger partial charge in [-0.15, -0.1) is 0 Å². The molecule has 8 heteroatoms. The molecule has 0 aliphatic carbocycles. The highest BCUT2D eigenvalue weighted by atomic mass is 32.1. The van der Waals surface area contributed by atoms with E-state index < -0.39 is 11.5 Å². The largest absolute Gasteiger partial charge is 0.424 e. The molecule has 2 heterocycles. The number of benzene rings is 1. The number of aromatic nitrogens is 2. The molecule has 0 unspecified atom stereocenters. The van der Waals surface area contributed by atoms with Crippen molar-refractivity contribution >= 4 is 17.9 Å². The number of rotatable bonds is 4. The van der Waals surface area contributed by atoms with E-state index in [0.717, 1.165) is 24.3 Å². The first-order valence-corrected chi connectivity index (χ1v) is 8.69. The highest BCUT2D eigenvalue weighted by Gasteiger charge is 2.33. The first-order valence-electron chi connectivity index (χ1n) is 8.29. The third-order valence-corrected chi connectivity index (χ3v) is 4.68. The molecule has 2 aromatic rings. The van der Waals surface area contributed by atoms with E-state index in [2.05, 4.69) is 34.8 Å². The maximum Gasteiger partial charge on any atom is 0.259 e. The Morgan fingerprint density at radius 3 is 2.50 bits per heavy atom. The predicted molar refractivity (Wildman–Crippen MR) is 102 cm³/mol.